The molecule has 0 atom stereocenters. The van der Waals surface area contributed by atoms with Gasteiger partial charge in [0.1, 0.15) is 5.52 Å². The van der Waals surface area contributed by atoms with Crippen molar-refractivity contribution < 1.29 is 4.74 Å². The molecule has 1 fully saturated rings. The lowest BCUT2D eigenvalue weighted by atomic mass is 10.1. The average molecular weight is 345 g/mol. The van der Waals surface area contributed by atoms with E-state index in [-0.39, 0.29) is 0 Å². The molecule has 0 spiro atoms. The molecular weight excluding hydrogens is 328 g/mol. The van der Waals surface area contributed by atoms with E-state index in [1.54, 1.807) is 6.20 Å². The van der Waals surface area contributed by atoms with Crippen LogP contribution in [0.25, 0.3) is 11.2 Å². The van der Waals surface area contributed by atoms with Crippen LogP contribution in [0, 0.1) is 0 Å². The second-order valence-corrected chi connectivity index (χ2v) is 6.12. The third kappa shape index (κ3) is 3.42. The zero-order chi connectivity index (χ0) is 16.4. The smallest absolute Gasteiger partial charge is 0.224 e. The Kier molecular flexibility index (Phi) is 4.18. The molecule has 1 saturated heterocycles. The number of nitrogens with one attached hydrogen (secondary N) is 3. The van der Waals surface area contributed by atoms with Crippen molar-refractivity contribution in [3.05, 3.63) is 35.5 Å². The average Bonchev–Trinajstić information content (AvgIpc) is 2.97. The Morgan fingerprint density at radius 1 is 1.21 bits per heavy atom. The summed E-state index contributed by atoms with van der Waals surface area (Å²) in [7, 11) is 0. The van der Waals surface area contributed by atoms with Gasteiger partial charge >= 0.3 is 0 Å². The highest BCUT2D eigenvalue weighted by Gasteiger charge is 2.15. The molecule has 124 valence electrons. The van der Waals surface area contributed by atoms with E-state index in [0.29, 0.717) is 34.1 Å². The van der Waals surface area contributed by atoms with Crippen molar-refractivity contribution in [1.82, 2.24) is 19.9 Å². The highest BCUT2D eigenvalue weighted by atomic mass is 35.5. The lowest BCUT2D eigenvalue weighted by Crippen LogP contribution is -2.28. The van der Waals surface area contributed by atoms with Gasteiger partial charge in [-0.1, -0.05) is 17.7 Å². The molecule has 0 saturated carbocycles. The molecular formula is C16H17ClN6O. The topological polar surface area (TPSA) is 87.8 Å². The number of H-pyrrole nitrogens is 1. The van der Waals surface area contributed by atoms with Crippen molar-refractivity contribution in [3.63, 3.8) is 0 Å². The number of aromatic nitrogens is 4. The number of rotatable bonds is 4. The van der Waals surface area contributed by atoms with Crippen LogP contribution >= 0.6 is 11.6 Å². The molecule has 3 heterocycles. The number of halogens is 1. The van der Waals surface area contributed by atoms with E-state index < -0.39 is 0 Å². The zero-order valence-corrected chi connectivity index (χ0v) is 13.7. The van der Waals surface area contributed by atoms with Gasteiger partial charge in [0.2, 0.25) is 11.9 Å². The molecule has 0 aliphatic carbocycles. The van der Waals surface area contributed by atoms with Gasteiger partial charge in [0, 0.05) is 30.0 Å². The zero-order valence-electron chi connectivity index (χ0n) is 12.9. The molecule has 0 bridgehead atoms. The minimum absolute atomic E-state index is 0.350. The minimum atomic E-state index is 0.350. The van der Waals surface area contributed by atoms with E-state index in [2.05, 4.69) is 30.6 Å². The predicted octanol–water partition coefficient (Wildman–Crippen LogP) is 3.34. The summed E-state index contributed by atoms with van der Waals surface area (Å²) in [5.41, 5.74) is 2.25. The van der Waals surface area contributed by atoms with Crippen LogP contribution in [0.2, 0.25) is 5.02 Å². The van der Waals surface area contributed by atoms with E-state index >= 15 is 0 Å². The largest absolute Gasteiger partial charge is 0.381 e. The Hall–Kier alpha value is -2.38. The molecule has 0 unspecified atom stereocenters. The van der Waals surface area contributed by atoms with E-state index in [4.69, 9.17) is 16.3 Å². The van der Waals surface area contributed by atoms with Crippen LogP contribution in [0.5, 0.6) is 0 Å². The normalized spacial score (nSPS) is 15.5. The predicted molar refractivity (Wildman–Crippen MR) is 93.9 cm³/mol. The second-order valence-electron chi connectivity index (χ2n) is 5.68. The summed E-state index contributed by atoms with van der Waals surface area (Å²) >= 11 is 5.99. The van der Waals surface area contributed by atoms with Crippen molar-refractivity contribution in [3.8, 4) is 0 Å². The van der Waals surface area contributed by atoms with Gasteiger partial charge in [-0.15, -0.1) is 0 Å². The van der Waals surface area contributed by atoms with Crippen molar-refractivity contribution in [2.24, 2.45) is 0 Å². The Bertz CT molecular complexity index is 845. The van der Waals surface area contributed by atoms with Gasteiger partial charge in [-0.3, -0.25) is 0 Å². The van der Waals surface area contributed by atoms with E-state index in [9.17, 15) is 0 Å². The van der Waals surface area contributed by atoms with Crippen LogP contribution in [0.1, 0.15) is 12.8 Å². The molecule has 1 aliphatic rings. The van der Waals surface area contributed by atoms with Crippen LogP contribution in [-0.2, 0) is 4.74 Å². The molecule has 24 heavy (non-hydrogen) atoms. The number of nitrogens with zero attached hydrogens (tertiary/aromatic N) is 3. The fourth-order valence-corrected chi connectivity index (χ4v) is 2.86. The first-order valence-electron chi connectivity index (χ1n) is 7.86. The van der Waals surface area contributed by atoms with Crippen LogP contribution < -0.4 is 10.6 Å². The third-order valence-electron chi connectivity index (χ3n) is 3.88. The monoisotopic (exact) mass is 344 g/mol. The van der Waals surface area contributed by atoms with Crippen molar-refractivity contribution in [1.29, 1.82) is 0 Å². The summed E-state index contributed by atoms with van der Waals surface area (Å²) in [5, 5.41) is 7.20. The number of hydrogen-bond acceptors (Lipinski definition) is 6. The summed E-state index contributed by atoms with van der Waals surface area (Å²) in [6.45, 7) is 1.55. The summed E-state index contributed by atoms with van der Waals surface area (Å²) in [4.78, 5) is 16.4. The molecule has 3 aromatic rings. The van der Waals surface area contributed by atoms with Gasteiger partial charge in [-0.2, -0.15) is 4.98 Å². The third-order valence-corrected chi connectivity index (χ3v) is 4.12. The number of ether oxygens (including phenoxy) is 1. The van der Waals surface area contributed by atoms with Crippen LogP contribution in [0.4, 0.5) is 17.6 Å². The van der Waals surface area contributed by atoms with Gasteiger partial charge in [0.15, 0.2) is 5.65 Å². The van der Waals surface area contributed by atoms with Crippen LogP contribution in [0.15, 0.2) is 30.5 Å². The molecule has 1 aliphatic heterocycles. The SMILES string of the molecule is Clc1cccc(Nc2nc3cnc(NC4CCOCC4)nc3[nH]2)c1. The molecule has 3 N–H and O–H groups in total. The first kappa shape index (κ1) is 15.2. The van der Waals surface area contributed by atoms with E-state index in [1.807, 2.05) is 24.3 Å². The Morgan fingerprint density at radius 2 is 2.08 bits per heavy atom. The van der Waals surface area contributed by atoms with Crippen LogP contribution in [0.3, 0.4) is 0 Å². The molecule has 0 radical (unpaired) electrons. The quantitative estimate of drug-likeness (QED) is 0.672. The first-order chi connectivity index (χ1) is 11.8. The molecule has 2 aromatic heterocycles. The minimum Gasteiger partial charge on any atom is -0.381 e. The summed E-state index contributed by atoms with van der Waals surface area (Å²) in [6.07, 6.45) is 3.64. The Balaban J connectivity index is 1.52. The summed E-state index contributed by atoms with van der Waals surface area (Å²) in [5.74, 6) is 1.21. The number of aromatic amines is 1. The van der Waals surface area contributed by atoms with Gasteiger partial charge in [-0.05, 0) is 31.0 Å². The van der Waals surface area contributed by atoms with Gasteiger partial charge in [-0.25, -0.2) is 9.97 Å². The molecule has 7 nitrogen and oxygen atoms in total. The fourth-order valence-electron chi connectivity index (χ4n) is 2.67. The molecule has 0 amide bonds. The van der Waals surface area contributed by atoms with Crippen molar-refractivity contribution >= 4 is 40.3 Å². The maximum absolute atomic E-state index is 5.99. The van der Waals surface area contributed by atoms with Crippen LogP contribution in [-0.4, -0.2) is 39.2 Å². The lowest BCUT2D eigenvalue weighted by molar-refractivity contribution is 0.0903. The van der Waals surface area contributed by atoms with Crippen molar-refractivity contribution in [2.75, 3.05) is 23.8 Å². The summed E-state index contributed by atoms with van der Waals surface area (Å²) < 4.78 is 5.36. The number of anilines is 3. The highest BCUT2D eigenvalue weighted by molar-refractivity contribution is 6.30. The van der Waals surface area contributed by atoms with E-state index in [1.165, 1.54) is 0 Å². The van der Waals surface area contributed by atoms with Gasteiger partial charge in [0.25, 0.3) is 0 Å². The van der Waals surface area contributed by atoms with Crippen molar-refractivity contribution in [2.45, 2.75) is 18.9 Å². The molecule has 4 rings (SSSR count). The molecule has 8 heteroatoms. The van der Waals surface area contributed by atoms with Gasteiger partial charge in [0.05, 0.1) is 6.20 Å². The standard InChI is InChI=1S/C16H17ClN6O/c17-10-2-1-3-12(8-10)20-16-21-13-9-18-15(22-14(13)23-16)19-11-4-6-24-7-5-11/h1-3,8-9,11H,4-7H2,(H3,18,19,20,21,22,23). The Labute approximate surface area is 143 Å². The maximum Gasteiger partial charge on any atom is 0.224 e. The first-order valence-corrected chi connectivity index (χ1v) is 8.24. The maximum atomic E-state index is 5.99. The number of hydrogen-bond donors (Lipinski definition) is 3. The Morgan fingerprint density at radius 3 is 2.92 bits per heavy atom. The van der Waals surface area contributed by atoms with E-state index in [0.717, 1.165) is 31.7 Å². The second kappa shape index (κ2) is 6.62. The van der Waals surface area contributed by atoms with Gasteiger partial charge < -0.3 is 20.4 Å². The number of imidazole rings is 1. The fraction of sp³-hybridized carbons (Fsp3) is 0.312. The lowest BCUT2D eigenvalue weighted by Gasteiger charge is -2.22. The highest BCUT2D eigenvalue weighted by Crippen LogP contribution is 2.21. The summed E-state index contributed by atoms with van der Waals surface area (Å²) in [6, 6.07) is 7.80. The number of fused-ring (bicyclic) bond motifs is 1. The number of benzene rings is 1. The molecule has 1 aromatic carbocycles.